The maximum absolute atomic E-state index is 2.30. The monoisotopic (exact) mass is 299 g/mol. The van der Waals surface area contributed by atoms with Crippen LogP contribution >= 0.6 is 7.92 Å². The molecular weight excluding hydrogens is 283 g/mol. The van der Waals surface area contributed by atoms with Gasteiger partial charge in [-0.25, -0.2) is 0 Å². The molecular formula is C21H16P. The van der Waals surface area contributed by atoms with E-state index in [2.05, 4.69) is 97.8 Å². The Morgan fingerprint density at radius 2 is 1.18 bits per heavy atom. The van der Waals surface area contributed by atoms with Crippen molar-refractivity contribution in [1.29, 1.82) is 0 Å². The molecule has 0 heterocycles. The Hall–Kier alpha value is -1.65. The van der Waals surface area contributed by atoms with Crippen LogP contribution in [0.4, 0.5) is 0 Å². The summed E-state index contributed by atoms with van der Waals surface area (Å²) in [5, 5.41) is 2.81. The molecule has 1 fully saturated rings. The Labute approximate surface area is 134 Å². The van der Waals surface area contributed by atoms with Crippen LogP contribution in [0.5, 0.6) is 0 Å². The molecule has 5 radical (unpaired) electrons. The van der Waals surface area contributed by atoms with Gasteiger partial charge in [-0.1, -0.05) is 85.0 Å². The molecule has 2 aromatic carbocycles. The predicted molar refractivity (Wildman–Crippen MR) is 95.7 cm³/mol. The highest BCUT2D eigenvalue weighted by molar-refractivity contribution is 7.76. The number of fused-ring (bicyclic) bond motifs is 1. The summed E-state index contributed by atoms with van der Waals surface area (Å²) in [4.78, 5) is 0. The molecule has 0 bridgehead atoms. The zero-order chi connectivity index (χ0) is 14.8. The lowest BCUT2D eigenvalue weighted by Gasteiger charge is -2.29. The Morgan fingerprint density at radius 1 is 0.591 bits per heavy atom. The van der Waals surface area contributed by atoms with Gasteiger partial charge in [-0.3, -0.25) is 0 Å². The minimum atomic E-state index is -0.509. The molecule has 0 N–H and O–H groups in total. The minimum absolute atomic E-state index is 0.509. The van der Waals surface area contributed by atoms with Crippen LogP contribution < -0.4 is 10.6 Å². The van der Waals surface area contributed by atoms with Gasteiger partial charge in [-0.2, -0.15) is 0 Å². The van der Waals surface area contributed by atoms with Crippen molar-refractivity contribution < 1.29 is 0 Å². The van der Waals surface area contributed by atoms with E-state index < -0.39 is 7.92 Å². The molecule has 0 nitrogen and oxygen atoms in total. The first-order chi connectivity index (χ1) is 10.9. The van der Waals surface area contributed by atoms with E-state index in [1.807, 2.05) is 0 Å². The van der Waals surface area contributed by atoms with Crippen LogP contribution in [0.25, 0.3) is 0 Å². The first kappa shape index (κ1) is 14.0. The van der Waals surface area contributed by atoms with E-state index in [4.69, 9.17) is 0 Å². The lowest BCUT2D eigenvalue weighted by Crippen LogP contribution is -2.19. The molecule has 2 aliphatic rings. The van der Waals surface area contributed by atoms with Crippen LogP contribution in [0.2, 0.25) is 0 Å². The van der Waals surface area contributed by atoms with E-state index in [0.717, 1.165) is 0 Å². The molecule has 105 valence electrons. The van der Waals surface area contributed by atoms with Gasteiger partial charge in [0.2, 0.25) is 0 Å². The quantitative estimate of drug-likeness (QED) is 0.739. The molecule has 0 saturated heterocycles. The first-order valence-electron chi connectivity index (χ1n) is 7.48. The minimum Gasteiger partial charge on any atom is -0.0762 e. The number of allylic oxidation sites excluding steroid dienone is 4. The summed E-state index contributed by atoms with van der Waals surface area (Å²) in [6.45, 7) is 0. The van der Waals surface area contributed by atoms with Gasteiger partial charge in [0.25, 0.3) is 0 Å². The van der Waals surface area contributed by atoms with Crippen molar-refractivity contribution >= 4 is 18.5 Å². The summed E-state index contributed by atoms with van der Waals surface area (Å²) >= 11 is 0. The van der Waals surface area contributed by atoms with Crippen LogP contribution in [-0.4, -0.2) is 0 Å². The summed E-state index contributed by atoms with van der Waals surface area (Å²) in [7, 11) is -0.509. The molecule has 1 saturated carbocycles. The van der Waals surface area contributed by atoms with Gasteiger partial charge in [-0.05, 0) is 31.4 Å². The van der Waals surface area contributed by atoms with Gasteiger partial charge in [0.05, 0.1) is 0 Å². The lowest BCUT2D eigenvalue weighted by molar-refractivity contribution is 1.20. The fraction of sp³-hybridized carbons (Fsp3) is 0. The van der Waals surface area contributed by atoms with Crippen LogP contribution in [0.3, 0.4) is 0 Å². The van der Waals surface area contributed by atoms with Crippen LogP contribution in [0.15, 0.2) is 85.0 Å². The van der Waals surface area contributed by atoms with E-state index in [0.29, 0.717) is 0 Å². The lowest BCUT2D eigenvalue weighted by atomic mass is 9.92. The highest BCUT2D eigenvalue weighted by Gasteiger charge is 2.41. The second kappa shape index (κ2) is 6.23. The third-order valence-corrected chi connectivity index (χ3v) is 6.43. The van der Waals surface area contributed by atoms with Gasteiger partial charge in [0, 0.05) is 17.5 Å². The largest absolute Gasteiger partial charge is 0.0762 e. The molecule has 0 amide bonds. The van der Waals surface area contributed by atoms with Crippen molar-refractivity contribution in [3.05, 3.63) is 115 Å². The Balaban J connectivity index is 1.75. The fourth-order valence-electron chi connectivity index (χ4n) is 2.91. The Bertz CT molecular complexity index is 632. The molecule has 2 aliphatic carbocycles. The number of rotatable bonds is 3. The third-order valence-electron chi connectivity index (χ3n) is 3.93. The maximum atomic E-state index is 2.30. The van der Waals surface area contributed by atoms with E-state index in [1.165, 1.54) is 28.1 Å². The summed E-state index contributed by atoms with van der Waals surface area (Å²) in [5.74, 6) is 2.71. The molecule has 0 aliphatic heterocycles. The van der Waals surface area contributed by atoms with Gasteiger partial charge in [-0.15, -0.1) is 0 Å². The maximum Gasteiger partial charge on any atom is 0.0242 e. The molecule has 0 aromatic heterocycles. The summed E-state index contributed by atoms with van der Waals surface area (Å²) in [5.41, 5.74) is 1.45. The molecule has 2 aromatic rings. The average Bonchev–Trinajstić information content (AvgIpc) is 3.01. The predicted octanol–water partition coefficient (Wildman–Crippen LogP) is 4.35. The van der Waals surface area contributed by atoms with Crippen LogP contribution in [0.1, 0.15) is 0 Å². The number of benzene rings is 2. The Morgan fingerprint density at radius 3 is 1.82 bits per heavy atom. The first-order valence-corrected chi connectivity index (χ1v) is 8.82. The number of hydrogen-bond acceptors (Lipinski definition) is 0. The molecule has 0 atom stereocenters. The zero-order valence-electron chi connectivity index (χ0n) is 12.2. The summed E-state index contributed by atoms with van der Waals surface area (Å²) in [6.07, 6.45) is 13.2. The van der Waals surface area contributed by atoms with E-state index in [1.54, 1.807) is 0 Å². The standard InChI is InChI=1S/C21H16P/c1-3-10-18(11-4-1)22(19-12-5-2-6-13-19)21-16-15-17-9-7-8-14-20(17)21/h1-16H. The summed E-state index contributed by atoms with van der Waals surface area (Å²) < 4.78 is 0. The van der Waals surface area contributed by atoms with Crippen molar-refractivity contribution in [1.82, 2.24) is 0 Å². The topological polar surface area (TPSA) is 0 Å². The van der Waals surface area contributed by atoms with Crippen LogP contribution in [-0.2, 0) is 0 Å². The van der Waals surface area contributed by atoms with Gasteiger partial charge in [0.1, 0.15) is 0 Å². The van der Waals surface area contributed by atoms with Crippen molar-refractivity contribution in [3.8, 4) is 0 Å². The molecule has 22 heavy (non-hydrogen) atoms. The Kier molecular flexibility index (Phi) is 3.95. The second-order valence-corrected chi connectivity index (χ2v) is 7.50. The van der Waals surface area contributed by atoms with Crippen LogP contribution in [0, 0.1) is 30.3 Å². The molecule has 0 spiro atoms. The normalized spacial score (nSPS) is 19.0. The van der Waals surface area contributed by atoms with E-state index >= 15 is 0 Å². The highest BCUT2D eigenvalue weighted by Crippen LogP contribution is 2.59. The average molecular weight is 299 g/mol. The third kappa shape index (κ3) is 2.57. The van der Waals surface area contributed by atoms with Gasteiger partial charge in [0.15, 0.2) is 0 Å². The van der Waals surface area contributed by atoms with Crippen molar-refractivity contribution in [2.24, 2.45) is 0 Å². The molecule has 0 unspecified atom stereocenters. The van der Waals surface area contributed by atoms with Crippen molar-refractivity contribution in [2.45, 2.75) is 0 Å². The smallest absolute Gasteiger partial charge is 0.0242 e. The SMILES string of the molecule is [CH]1[CH][C](P(c2ccccc2)c2ccccc2)[C]2C=CC=C[C]12. The highest BCUT2D eigenvalue weighted by atomic mass is 31.1. The van der Waals surface area contributed by atoms with E-state index in [9.17, 15) is 0 Å². The zero-order valence-corrected chi connectivity index (χ0v) is 13.1. The molecule has 1 heteroatoms. The van der Waals surface area contributed by atoms with E-state index in [-0.39, 0.29) is 0 Å². The van der Waals surface area contributed by atoms with Crippen molar-refractivity contribution in [2.75, 3.05) is 0 Å². The second-order valence-electron chi connectivity index (χ2n) is 5.31. The van der Waals surface area contributed by atoms with Crippen molar-refractivity contribution in [3.63, 3.8) is 0 Å². The van der Waals surface area contributed by atoms with Gasteiger partial charge < -0.3 is 0 Å². The number of hydrogen-bond donors (Lipinski definition) is 0. The molecule has 4 rings (SSSR count). The summed E-state index contributed by atoms with van der Waals surface area (Å²) in [6, 6.07) is 21.7. The van der Waals surface area contributed by atoms with Gasteiger partial charge >= 0.3 is 0 Å². The fourth-order valence-corrected chi connectivity index (χ4v) is 5.37.